The molecule has 3 aromatic rings. The maximum absolute atomic E-state index is 12.9. The summed E-state index contributed by atoms with van der Waals surface area (Å²) in [6.45, 7) is 2.37. The number of carbonyl (C=O) groups excluding carboxylic acids is 3. The maximum atomic E-state index is 12.9. The van der Waals surface area contributed by atoms with Crippen LogP contribution in [0.1, 0.15) is 33.0 Å². The van der Waals surface area contributed by atoms with Gasteiger partial charge in [0, 0.05) is 0 Å². The highest BCUT2D eigenvalue weighted by Crippen LogP contribution is 2.31. The highest BCUT2D eigenvalue weighted by Gasteiger charge is 2.34. The van der Waals surface area contributed by atoms with Gasteiger partial charge >= 0.3 is 12.0 Å². The first-order valence-electron chi connectivity index (χ1n) is 10.4. The van der Waals surface area contributed by atoms with Crippen LogP contribution in [0.5, 0.6) is 5.75 Å². The molecule has 1 fully saturated rings. The van der Waals surface area contributed by atoms with Crippen LogP contribution in [0.3, 0.4) is 0 Å². The van der Waals surface area contributed by atoms with Crippen LogP contribution in [0.2, 0.25) is 0 Å². The Morgan fingerprint density at radius 2 is 1.86 bits per heavy atom. The summed E-state index contributed by atoms with van der Waals surface area (Å²) in [5.74, 6) is -0.0774. The molecular formula is C25H20I2N2O6. The Labute approximate surface area is 228 Å². The predicted octanol–water partition coefficient (Wildman–Crippen LogP) is 5.26. The normalized spacial score (nSPS) is 14.4. The lowest BCUT2D eigenvalue weighted by atomic mass is 10.1. The number of esters is 1. The third-order valence-corrected chi connectivity index (χ3v) is 6.72. The van der Waals surface area contributed by atoms with Crippen LogP contribution in [0, 0.1) is 14.1 Å². The van der Waals surface area contributed by atoms with Crippen molar-refractivity contribution in [1.82, 2.24) is 10.2 Å². The number of furan rings is 1. The molecule has 0 saturated carbocycles. The van der Waals surface area contributed by atoms with E-state index in [2.05, 4.69) is 61.3 Å². The summed E-state index contributed by atoms with van der Waals surface area (Å²) in [5, 5.41) is 2.60. The molecule has 2 aromatic carbocycles. The van der Waals surface area contributed by atoms with Gasteiger partial charge in [0.2, 0.25) is 5.76 Å². The van der Waals surface area contributed by atoms with E-state index in [-0.39, 0.29) is 23.8 Å². The lowest BCUT2D eigenvalue weighted by Crippen LogP contribution is -2.30. The molecule has 180 valence electrons. The summed E-state index contributed by atoms with van der Waals surface area (Å²) < 4.78 is 17.8. The standard InChI is InChI=1S/C25H20I2N2O6/c1-14-4-3-5-15(8-14)13-34-22-18(26)9-16(10-19(22)27)11-20-23(30)29(25(32)28-20)12-17-6-7-21(35-17)24(31)33-2/h3-11H,12-13H2,1-2H3,(H,28,32)/b20-11-. The number of ether oxygens (including phenoxy) is 2. The monoisotopic (exact) mass is 698 g/mol. The zero-order chi connectivity index (χ0) is 25.1. The quantitative estimate of drug-likeness (QED) is 0.157. The molecule has 10 heteroatoms. The molecule has 0 unspecified atom stereocenters. The third-order valence-electron chi connectivity index (χ3n) is 5.12. The summed E-state index contributed by atoms with van der Waals surface area (Å²) in [6, 6.07) is 14.3. The van der Waals surface area contributed by atoms with Crippen LogP contribution >= 0.6 is 45.2 Å². The smallest absolute Gasteiger partial charge is 0.373 e. The number of benzene rings is 2. The van der Waals surface area contributed by atoms with Gasteiger partial charge in [-0.1, -0.05) is 29.8 Å². The Kier molecular flexibility index (Phi) is 7.79. The van der Waals surface area contributed by atoms with Crippen LogP contribution in [0.15, 0.2) is 58.6 Å². The molecule has 35 heavy (non-hydrogen) atoms. The summed E-state index contributed by atoms with van der Waals surface area (Å²) in [7, 11) is 1.24. The average Bonchev–Trinajstić information content (AvgIpc) is 3.38. The molecule has 1 aliphatic heterocycles. The molecule has 0 aliphatic carbocycles. The Morgan fingerprint density at radius 1 is 1.11 bits per heavy atom. The number of rotatable bonds is 7. The van der Waals surface area contributed by atoms with Gasteiger partial charge in [-0.2, -0.15) is 0 Å². The summed E-state index contributed by atoms with van der Waals surface area (Å²) in [6.07, 6.45) is 1.62. The second kappa shape index (κ2) is 10.8. The van der Waals surface area contributed by atoms with Gasteiger partial charge in [-0.05, 0) is 93.6 Å². The molecule has 0 atom stereocenters. The minimum Gasteiger partial charge on any atom is -0.487 e. The van der Waals surface area contributed by atoms with Crippen molar-refractivity contribution in [2.24, 2.45) is 0 Å². The number of nitrogens with one attached hydrogen (secondary N) is 1. The van der Waals surface area contributed by atoms with Crippen molar-refractivity contribution in [2.75, 3.05) is 7.11 Å². The fourth-order valence-corrected chi connectivity index (χ4v) is 5.60. The van der Waals surface area contributed by atoms with Crippen LogP contribution < -0.4 is 10.1 Å². The first-order valence-corrected chi connectivity index (χ1v) is 12.6. The average molecular weight is 698 g/mol. The van der Waals surface area contributed by atoms with Crippen molar-refractivity contribution in [3.63, 3.8) is 0 Å². The molecule has 0 bridgehead atoms. The molecule has 1 N–H and O–H groups in total. The van der Waals surface area contributed by atoms with E-state index < -0.39 is 17.9 Å². The number of nitrogens with zero attached hydrogens (tertiary/aromatic N) is 1. The zero-order valence-corrected chi connectivity index (χ0v) is 23.1. The maximum Gasteiger partial charge on any atom is 0.373 e. The number of imide groups is 1. The van der Waals surface area contributed by atoms with Crippen molar-refractivity contribution < 1.29 is 28.3 Å². The van der Waals surface area contributed by atoms with Crippen LogP contribution in [-0.2, 0) is 22.7 Å². The second-order valence-corrected chi connectivity index (χ2v) is 10.1. The van der Waals surface area contributed by atoms with E-state index in [1.54, 1.807) is 6.08 Å². The van der Waals surface area contributed by atoms with Crippen LogP contribution in [0.25, 0.3) is 6.08 Å². The fraction of sp³-hybridized carbons (Fsp3) is 0.160. The van der Waals surface area contributed by atoms with Gasteiger partial charge in [0.05, 0.1) is 20.8 Å². The molecule has 3 amide bonds. The number of halogens is 2. The summed E-state index contributed by atoms with van der Waals surface area (Å²) in [4.78, 5) is 37.8. The minimum atomic E-state index is -0.635. The van der Waals surface area contributed by atoms with E-state index in [9.17, 15) is 14.4 Å². The molecule has 0 radical (unpaired) electrons. The number of aryl methyl sites for hydroxylation is 1. The Morgan fingerprint density at radius 3 is 2.54 bits per heavy atom. The topological polar surface area (TPSA) is 98.1 Å². The van der Waals surface area contributed by atoms with E-state index in [0.29, 0.717) is 6.61 Å². The molecule has 1 aliphatic rings. The fourth-order valence-electron chi connectivity index (χ4n) is 3.47. The van der Waals surface area contributed by atoms with E-state index >= 15 is 0 Å². The number of hydrogen-bond donors (Lipinski definition) is 1. The first-order chi connectivity index (χ1) is 16.7. The highest BCUT2D eigenvalue weighted by atomic mass is 127. The van der Waals surface area contributed by atoms with Gasteiger partial charge in [-0.25, -0.2) is 9.59 Å². The molecular weight excluding hydrogens is 678 g/mol. The van der Waals surface area contributed by atoms with Gasteiger partial charge in [-0.15, -0.1) is 0 Å². The lowest BCUT2D eigenvalue weighted by molar-refractivity contribution is -0.123. The molecule has 1 aromatic heterocycles. The highest BCUT2D eigenvalue weighted by molar-refractivity contribution is 14.1. The van der Waals surface area contributed by atoms with Gasteiger partial charge in [0.15, 0.2) is 0 Å². The zero-order valence-electron chi connectivity index (χ0n) is 18.8. The Balaban J connectivity index is 1.48. The lowest BCUT2D eigenvalue weighted by Gasteiger charge is -2.12. The van der Waals surface area contributed by atoms with E-state index in [0.717, 1.165) is 28.9 Å². The van der Waals surface area contributed by atoms with Crippen molar-refractivity contribution >= 4 is 69.2 Å². The van der Waals surface area contributed by atoms with Crippen molar-refractivity contribution in [3.05, 3.63) is 89.6 Å². The third kappa shape index (κ3) is 5.86. The summed E-state index contributed by atoms with van der Waals surface area (Å²) >= 11 is 4.39. The number of hydrogen-bond acceptors (Lipinski definition) is 6. The molecule has 0 spiro atoms. The van der Waals surface area contributed by atoms with Gasteiger partial charge in [-0.3, -0.25) is 9.69 Å². The number of urea groups is 1. The Hall–Kier alpha value is -2.87. The second-order valence-electron chi connectivity index (χ2n) is 7.73. The van der Waals surface area contributed by atoms with Crippen LogP contribution in [-0.4, -0.2) is 29.9 Å². The van der Waals surface area contributed by atoms with E-state index in [4.69, 9.17) is 9.15 Å². The SMILES string of the molecule is COC(=O)c1ccc(CN2C(=O)N/C(=C\c3cc(I)c(OCc4cccc(C)c4)c(I)c3)C2=O)o1. The van der Waals surface area contributed by atoms with Crippen molar-refractivity contribution in [1.29, 1.82) is 0 Å². The minimum absolute atomic E-state index is 0.000761. The molecule has 2 heterocycles. The number of methoxy groups -OCH3 is 1. The van der Waals surface area contributed by atoms with Crippen molar-refractivity contribution in [2.45, 2.75) is 20.1 Å². The summed E-state index contributed by atoms with van der Waals surface area (Å²) in [5.41, 5.74) is 3.15. The van der Waals surface area contributed by atoms with Crippen LogP contribution in [0.4, 0.5) is 4.79 Å². The van der Waals surface area contributed by atoms with Gasteiger partial charge < -0.3 is 19.2 Å². The molecule has 1 saturated heterocycles. The molecule has 4 rings (SSSR count). The number of amides is 3. The Bertz CT molecular complexity index is 1320. The van der Waals surface area contributed by atoms with Crippen molar-refractivity contribution in [3.8, 4) is 5.75 Å². The van der Waals surface area contributed by atoms with Gasteiger partial charge in [0.25, 0.3) is 5.91 Å². The van der Waals surface area contributed by atoms with Gasteiger partial charge in [0.1, 0.15) is 23.8 Å². The van der Waals surface area contributed by atoms with E-state index in [1.165, 1.54) is 24.8 Å². The predicted molar refractivity (Wildman–Crippen MR) is 144 cm³/mol. The largest absolute Gasteiger partial charge is 0.487 e. The first kappa shape index (κ1) is 25.2. The van der Waals surface area contributed by atoms with E-state index in [1.807, 2.05) is 37.3 Å². The molecule has 8 nitrogen and oxygen atoms in total. The number of carbonyl (C=O) groups is 3.